The average molecular weight is 400 g/mol. The van der Waals surface area contributed by atoms with Crippen LogP contribution in [-0.2, 0) is 9.59 Å². The minimum absolute atomic E-state index is 0.157. The molecule has 1 aliphatic heterocycles. The molecule has 2 aromatic rings. The molecule has 1 heterocycles. The quantitative estimate of drug-likeness (QED) is 0.791. The molecule has 0 atom stereocenters. The summed E-state index contributed by atoms with van der Waals surface area (Å²) in [6, 6.07) is 15.5. The Morgan fingerprint density at radius 1 is 1.00 bits per heavy atom. The van der Waals surface area contributed by atoms with Crippen LogP contribution in [0, 0.1) is 12.3 Å². The average Bonchev–Trinajstić information content (AvgIpc) is 2.71. The molecule has 1 N–H and O–H groups in total. The van der Waals surface area contributed by atoms with Gasteiger partial charge in [-0.3, -0.25) is 9.59 Å². The zero-order chi connectivity index (χ0) is 20.3. The summed E-state index contributed by atoms with van der Waals surface area (Å²) in [5.41, 5.74) is 1.52. The molecule has 5 nitrogen and oxygen atoms in total. The van der Waals surface area contributed by atoms with Gasteiger partial charge < -0.3 is 15.1 Å². The maximum Gasteiger partial charge on any atom is 0.239 e. The van der Waals surface area contributed by atoms with E-state index in [4.69, 9.17) is 11.6 Å². The van der Waals surface area contributed by atoms with E-state index in [0.717, 1.165) is 24.3 Å². The van der Waals surface area contributed by atoms with Crippen molar-refractivity contribution in [3.8, 4) is 0 Å². The highest BCUT2D eigenvalue weighted by Crippen LogP contribution is 2.26. The van der Waals surface area contributed by atoms with E-state index in [1.165, 1.54) is 0 Å². The lowest BCUT2D eigenvalue weighted by Crippen LogP contribution is -2.54. The molecular formula is C22H26ClN3O2. The molecule has 0 aromatic heterocycles. The van der Waals surface area contributed by atoms with E-state index >= 15 is 0 Å². The Balaban J connectivity index is 1.62. The molecular weight excluding hydrogens is 374 g/mol. The van der Waals surface area contributed by atoms with Gasteiger partial charge in [-0.25, -0.2) is 0 Å². The number of para-hydroxylation sites is 1. The minimum Gasteiger partial charge on any atom is -0.368 e. The van der Waals surface area contributed by atoms with E-state index in [-0.39, 0.29) is 11.8 Å². The molecule has 148 valence electrons. The Morgan fingerprint density at radius 3 is 2.25 bits per heavy atom. The Labute approximate surface area is 171 Å². The number of benzene rings is 2. The Bertz CT molecular complexity index is 859. The molecule has 0 spiro atoms. The van der Waals surface area contributed by atoms with Gasteiger partial charge in [0.15, 0.2) is 0 Å². The molecule has 2 aromatic carbocycles. The molecule has 0 radical (unpaired) electrons. The van der Waals surface area contributed by atoms with Crippen molar-refractivity contribution in [2.75, 3.05) is 36.4 Å². The highest BCUT2D eigenvalue weighted by atomic mass is 35.5. The maximum atomic E-state index is 13.0. The first-order valence-corrected chi connectivity index (χ1v) is 9.84. The molecule has 0 saturated carbocycles. The van der Waals surface area contributed by atoms with Gasteiger partial charge in [-0.05, 0) is 50.6 Å². The highest BCUT2D eigenvalue weighted by molar-refractivity contribution is 6.31. The number of piperazine rings is 1. The fourth-order valence-corrected chi connectivity index (χ4v) is 3.44. The van der Waals surface area contributed by atoms with Crippen LogP contribution in [0.3, 0.4) is 0 Å². The van der Waals surface area contributed by atoms with Gasteiger partial charge in [0.1, 0.15) is 5.41 Å². The summed E-state index contributed by atoms with van der Waals surface area (Å²) in [5.74, 6) is -0.487. The van der Waals surface area contributed by atoms with E-state index in [1.54, 1.807) is 30.9 Å². The van der Waals surface area contributed by atoms with Crippen molar-refractivity contribution < 1.29 is 9.59 Å². The first-order chi connectivity index (χ1) is 13.3. The Hall–Kier alpha value is -2.53. The first-order valence-electron chi connectivity index (χ1n) is 9.46. The van der Waals surface area contributed by atoms with Gasteiger partial charge in [0.25, 0.3) is 0 Å². The van der Waals surface area contributed by atoms with Gasteiger partial charge >= 0.3 is 0 Å². The van der Waals surface area contributed by atoms with Crippen LogP contribution in [0.15, 0.2) is 48.5 Å². The number of nitrogens with zero attached hydrogens (tertiary/aromatic N) is 2. The number of aryl methyl sites for hydroxylation is 1. The van der Waals surface area contributed by atoms with E-state index in [1.807, 2.05) is 31.2 Å². The topological polar surface area (TPSA) is 52.7 Å². The van der Waals surface area contributed by atoms with Crippen molar-refractivity contribution in [2.45, 2.75) is 20.8 Å². The summed E-state index contributed by atoms with van der Waals surface area (Å²) in [6.45, 7) is 7.94. The maximum absolute atomic E-state index is 13.0. The van der Waals surface area contributed by atoms with Crippen molar-refractivity contribution in [2.24, 2.45) is 5.41 Å². The number of carbonyl (C=O) groups excluding carboxylic acids is 2. The third kappa shape index (κ3) is 4.30. The number of nitrogens with one attached hydrogen (secondary N) is 1. The molecule has 3 rings (SSSR count). The largest absolute Gasteiger partial charge is 0.368 e. The van der Waals surface area contributed by atoms with Crippen LogP contribution >= 0.6 is 11.6 Å². The molecule has 1 saturated heterocycles. The summed E-state index contributed by atoms with van der Waals surface area (Å²) in [7, 11) is 0. The van der Waals surface area contributed by atoms with E-state index in [9.17, 15) is 9.59 Å². The number of hydrogen-bond acceptors (Lipinski definition) is 3. The standard InChI is InChI=1S/C22H26ClN3O2/c1-16-9-10-17(15-19(16)23)24-20(27)22(2,3)21(28)26-13-11-25(12-14-26)18-7-5-4-6-8-18/h4-10,15H,11-14H2,1-3H3,(H,24,27). The third-order valence-electron chi connectivity index (χ3n) is 5.22. The zero-order valence-corrected chi connectivity index (χ0v) is 17.3. The fraction of sp³-hybridized carbons (Fsp3) is 0.364. The molecule has 1 aliphatic rings. The number of halogens is 1. The first kappa shape index (κ1) is 20.2. The van der Waals surface area contributed by atoms with Crippen molar-refractivity contribution in [3.05, 3.63) is 59.1 Å². The van der Waals surface area contributed by atoms with Gasteiger partial charge in [-0.1, -0.05) is 35.9 Å². The predicted octanol–water partition coefficient (Wildman–Crippen LogP) is 3.96. The third-order valence-corrected chi connectivity index (χ3v) is 5.63. The molecule has 0 bridgehead atoms. The minimum atomic E-state index is -1.16. The summed E-state index contributed by atoms with van der Waals surface area (Å²) in [5, 5.41) is 3.41. The van der Waals surface area contributed by atoms with Crippen LogP contribution in [0.5, 0.6) is 0 Å². The lowest BCUT2D eigenvalue weighted by Gasteiger charge is -2.39. The van der Waals surface area contributed by atoms with Crippen molar-refractivity contribution >= 4 is 34.8 Å². The molecule has 28 heavy (non-hydrogen) atoms. The predicted molar refractivity (Wildman–Crippen MR) is 114 cm³/mol. The number of anilines is 2. The lowest BCUT2D eigenvalue weighted by molar-refractivity contribution is -0.146. The van der Waals surface area contributed by atoms with Gasteiger partial charge in [0, 0.05) is 42.6 Å². The van der Waals surface area contributed by atoms with E-state index in [2.05, 4.69) is 22.3 Å². The SMILES string of the molecule is Cc1ccc(NC(=O)C(C)(C)C(=O)N2CCN(c3ccccc3)CC2)cc1Cl. The molecule has 1 fully saturated rings. The Morgan fingerprint density at radius 2 is 1.64 bits per heavy atom. The van der Waals surface area contributed by atoms with Crippen molar-refractivity contribution in [3.63, 3.8) is 0 Å². The highest BCUT2D eigenvalue weighted by Gasteiger charge is 2.40. The summed E-state index contributed by atoms with van der Waals surface area (Å²) < 4.78 is 0. The smallest absolute Gasteiger partial charge is 0.239 e. The normalized spacial score (nSPS) is 14.7. The van der Waals surface area contributed by atoms with E-state index in [0.29, 0.717) is 23.8 Å². The molecule has 0 aliphatic carbocycles. The lowest BCUT2D eigenvalue weighted by atomic mass is 9.89. The number of hydrogen-bond donors (Lipinski definition) is 1. The second-order valence-electron chi connectivity index (χ2n) is 7.66. The fourth-order valence-electron chi connectivity index (χ4n) is 3.26. The van der Waals surface area contributed by atoms with E-state index < -0.39 is 5.41 Å². The molecule has 2 amide bonds. The van der Waals surface area contributed by atoms with Crippen LogP contribution in [-0.4, -0.2) is 42.9 Å². The summed E-state index contributed by atoms with van der Waals surface area (Å²) in [4.78, 5) is 29.9. The van der Waals surface area contributed by atoms with Gasteiger partial charge in [-0.2, -0.15) is 0 Å². The molecule has 6 heteroatoms. The zero-order valence-electron chi connectivity index (χ0n) is 16.5. The molecule has 0 unspecified atom stereocenters. The van der Waals surface area contributed by atoms with Crippen LogP contribution in [0.25, 0.3) is 0 Å². The number of rotatable bonds is 4. The number of amides is 2. The second kappa shape index (κ2) is 8.23. The Kier molecular flexibility index (Phi) is 5.94. The van der Waals surface area contributed by atoms with Crippen molar-refractivity contribution in [1.29, 1.82) is 0 Å². The van der Waals surface area contributed by atoms with Gasteiger partial charge in [-0.15, -0.1) is 0 Å². The van der Waals surface area contributed by atoms with Gasteiger partial charge in [0.2, 0.25) is 11.8 Å². The monoisotopic (exact) mass is 399 g/mol. The summed E-state index contributed by atoms with van der Waals surface area (Å²) in [6.07, 6.45) is 0. The van der Waals surface area contributed by atoms with Gasteiger partial charge in [0.05, 0.1) is 0 Å². The van der Waals surface area contributed by atoms with Crippen LogP contribution in [0.2, 0.25) is 5.02 Å². The number of carbonyl (C=O) groups is 2. The van der Waals surface area contributed by atoms with Crippen LogP contribution in [0.4, 0.5) is 11.4 Å². The van der Waals surface area contributed by atoms with Crippen LogP contribution in [0.1, 0.15) is 19.4 Å². The summed E-state index contributed by atoms with van der Waals surface area (Å²) >= 11 is 6.13. The second-order valence-corrected chi connectivity index (χ2v) is 8.07. The van der Waals surface area contributed by atoms with Crippen LogP contribution < -0.4 is 10.2 Å². The van der Waals surface area contributed by atoms with Crippen molar-refractivity contribution in [1.82, 2.24) is 4.90 Å².